The highest BCUT2D eigenvalue weighted by molar-refractivity contribution is 5.88. The molecule has 6 heteroatoms. The smallest absolute Gasteiger partial charge is 0.301 e. The van der Waals surface area contributed by atoms with Crippen LogP contribution in [0.3, 0.4) is 0 Å². The van der Waals surface area contributed by atoms with E-state index in [2.05, 4.69) is 10.3 Å². The highest BCUT2D eigenvalue weighted by atomic mass is 16.5. The second kappa shape index (κ2) is 5.90. The van der Waals surface area contributed by atoms with Crippen molar-refractivity contribution in [1.82, 2.24) is 4.98 Å². The van der Waals surface area contributed by atoms with E-state index in [4.69, 9.17) is 14.9 Å². The van der Waals surface area contributed by atoms with Crippen molar-refractivity contribution in [2.75, 3.05) is 17.7 Å². The van der Waals surface area contributed by atoms with Gasteiger partial charge in [-0.1, -0.05) is 12.1 Å². The van der Waals surface area contributed by atoms with Gasteiger partial charge in [-0.3, -0.25) is 10.1 Å². The molecule has 0 saturated heterocycles. The molecule has 19 heavy (non-hydrogen) atoms. The number of ether oxygens (including phenoxy) is 1. The first kappa shape index (κ1) is 12.9. The van der Waals surface area contributed by atoms with Crippen LogP contribution in [0.15, 0.2) is 34.9 Å². The zero-order valence-corrected chi connectivity index (χ0v) is 10.6. The lowest BCUT2D eigenvalue weighted by atomic mass is 10.3. The maximum absolute atomic E-state index is 11.6. The Balaban J connectivity index is 1.77. The Labute approximate surface area is 110 Å². The Morgan fingerprint density at radius 3 is 2.95 bits per heavy atom. The highest BCUT2D eigenvalue weighted by Crippen LogP contribution is 2.19. The number of benzene rings is 1. The first-order chi connectivity index (χ1) is 9.15. The third kappa shape index (κ3) is 3.74. The van der Waals surface area contributed by atoms with Crippen molar-refractivity contribution in [1.29, 1.82) is 0 Å². The maximum atomic E-state index is 11.6. The quantitative estimate of drug-likeness (QED) is 0.803. The minimum Gasteiger partial charge on any atom is -0.491 e. The summed E-state index contributed by atoms with van der Waals surface area (Å²) in [6, 6.07) is 7.33. The number of carbonyl (C=O) groups excluding carboxylic acids is 1. The number of hydrogen-bond donors (Lipinski definition) is 2. The van der Waals surface area contributed by atoms with Crippen LogP contribution in [0.4, 0.5) is 11.7 Å². The van der Waals surface area contributed by atoms with E-state index >= 15 is 0 Å². The van der Waals surface area contributed by atoms with Gasteiger partial charge in [0.25, 0.3) is 0 Å². The van der Waals surface area contributed by atoms with E-state index in [1.54, 1.807) is 19.1 Å². The van der Waals surface area contributed by atoms with E-state index in [0.29, 0.717) is 17.1 Å². The molecule has 0 spiro atoms. The van der Waals surface area contributed by atoms with Crippen LogP contribution in [0, 0.1) is 6.92 Å². The zero-order valence-electron chi connectivity index (χ0n) is 10.6. The van der Waals surface area contributed by atoms with Crippen LogP contribution in [-0.2, 0) is 4.79 Å². The number of oxazole rings is 1. The second-order valence-electron chi connectivity index (χ2n) is 3.98. The van der Waals surface area contributed by atoms with Gasteiger partial charge in [-0.2, -0.15) is 4.98 Å². The number of carbonyl (C=O) groups is 1. The molecule has 0 unspecified atom stereocenters. The molecular weight excluding hydrogens is 246 g/mol. The van der Waals surface area contributed by atoms with E-state index in [-0.39, 0.29) is 24.9 Å². The molecule has 1 amide bonds. The predicted molar refractivity (Wildman–Crippen MR) is 70.8 cm³/mol. The summed E-state index contributed by atoms with van der Waals surface area (Å²) in [4.78, 5) is 15.5. The van der Waals surface area contributed by atoms with Crippen LogP contribution < -0.4 is 15.8 Å². The fourth-order valence-electron chi connectivity index (χ4n) is 1.46. The number of nitrogens with two attached hydrogens (primary N) is 1. The average Bonchev–Trinajstić information content (AvgIpc) is 2.77. The minimum absolute atomic E-state index is 0.190. The third-order valence-electron chi connectivity index (χ3n) is 2.37. The van der Waals surface area contributed by atoms with Gasteiger partial charge in [-0.25, -0.2) is 0 Å². The molecule has 2 rings (SSSR count). The van der Waals surface area contributed by atoms with Crippen molar-refractivity contribution in [3.63, 3.8) is 0 Å². The highest BCUT2D eigenvalue weighted by Gasteiger charge is 2.07. The van der Waals surface area contributed by atoms with Gasteiger partial charge in [0.2, 0.25) is 5.91 Å². The van der Waals surface area contributed by atoms with E-state index < -0.39 is 0 Å². The molecule has 0 atom stereocenters. The molecule has 3 N–H and O–H groups in total. The van der Waals surface area contributed by atoms with Gasteiger partial charge < -0.3 is 14.9 Å². The third-order valence-corrected chi connectivity index (χ3v) is 2.37. The molecule has 6 nitrogen and oxygen atoms in total. The van der Waals surface area contributed by atoms with Gasteiger partial charge in [-0.05, 0) is 19.1 Å². The zero-order chi connectivity index (χ0) is 13.7. The normalized spacial score (nSPS) is 10.2. The number of aromatic nitrogens is 1. The summed E-state index contributed by atoms with van der Waals surface area (Å²) in [6.07, 6.45) is 1.66. The van der Waals surface area contributed by atoms with Crippen molar-refractivity contribution >= 4 is 17.6 Å². The van der Waals surface area contributed by atoms with E-state index in [0.717, 1.165) is 0 Å². The Morgan fingerprint density at radius 2 is 2.26 bits per heavy atom. The summed E-state index contributed by atoms with van der Waals surface area (Å²) < 4.78 is 10.4. The fraction of sp³-hybridized carbons (Fsp3) is 0.231. The van der Waals surface area contributed by atoms with E-state index in [9.17, 15) is 4.79 Å². The average molecular weight is 261 g/mol. The maximum Gasteiger partial charge on any atom is 0.301 e. The Hall–Kier alpha value is -2.50. The van der Waals surface area contributed by atoms with Crippen LogP contribution in [0.5, 0.6) is 5.75 Å². The Bertz CT molecular complexity index is 566. The lowest BCUT2D eigenvalue weighted by Crippen LogP contribution is -2.15. The van der Waals surface area contributed by atoms with Crippen molar-refractivity contribution in [3.05, 3.63) is 36.2 Å². The second-order valence-corrected chi connectivity index (χ2v) is 3.98. The number of nitrogen functional groups attached to an aromatic ring is 1. The van der Waals surface area contributed by atoms with Crippen molar-refractivity contribution in [3.8, 4) is 5.75 Å². The molecule has 0 fully saturated rings. The summed E-state index contributed by atoms with van der Waals surface area (Å²) in [5.74, 6) is 0.346. The molecule has 0 radical (unpaired) electrons. The Kier molecular flexibility index (Phi) is 4.02. The molecule has 0 bridgehead atoms. The van der Waals surface area contributed by atoms with Gasteiger partial charge in [0.05, 0.1) is 24.4 Å². The molecule has 1 aromatic carbocycles. The number of para-hydroxylation sites is 2. The molecule has 0 aliphatic rings. The standard InChI is InChI=1S/C13H15N3O3/c1-9-8-19-13(15-9)16-12(17)6-7-18-11-5-3-2-4-10(11)14/h2-5,8H,6-7,14H2,1H3,(H,15,16,17). The summed E-state index contributed by atoms with van der Waals surface area (Å²) in [7, 11) is 0. The van der Waals surface area contributed by atoms with Gasteiger partial charge in [0.1, 0.15) is 12.0 Å². The molecule has 0 aliphatic heterocycles. The van der Waals surface area contributed by atoms with Gasteiger partial charge >= 0.3 is 6.01 Å². The fourth-order valence-corrected chi connectivity index (χ4v) is 1.46. The number of hydrogen-bond acceptors (Lipinski definition) is 5. The molecule has 1 aromatic heterocycles. The van der Waals surface area contributed by atoms with Crippen molar-refractivity contribution in [2.45, 2.75) is 13.3 Å². The van der Waals surface area contributed by atoms with Crippen LogP contribution in [-0.4, -0.2) is 17.5 Å². The largest absolute Gasteiger partial charge is 0.491 e. The lowest BCUT2D eigenvalue weighted by molar-refractivity contribution is -0.116. The van der Waals surface area contributed by atoms with E-state index in [1.165, 1.54) is 6.26 Å². The van der Waals surface area contributed by atoms with Crippen LogP contribution in [0.1, 0.15) is 12.1 Å². The van der Waals surface area contributed by atoms with Crippen LogP contribution in [0.25, 0.3) is 0 Å². The molecule has 2 aromatic rings. The first-order valence-electron chi connectivity index (χ1n) is 5.84. The Morgan fingerprint density at radius 1 is 1.47 bits per heavy atom. The SMILES string of the molecule is Cc1coc(NC(=O)CCOc2ccccc2N)n1. The molecule has 0 saturated carbocycles. The summed E-state index contributed by atoms with van der Waals surface area (Å²) in [5.41, 5.74) is 6.97. The number of aryl methyl sites for hydroxylation is 1. The first-order valence-corrected chi connectivity index (χ1v) is 5.84. The monoisotopic (exact) mass is 261 g/mol. The van der Waals surface area contributed by atoms with E-state index in [1.807, 2.05) is 12.1 Å². The van der Waals surface area contributed by atoms with Crippen molar-refractivity contribution < 1.29 is 13.9 Å². The minimum atomic E-state index is -0.226. The summed E-state index contributed by atoms with van der Waals surface area (Å²) >= 11 is 0. The molecule has 1 heterocycles. The molecule has 100 valence electrons. The molecule has 0 aliphatic carbocycles. The van der Waals surface area contributed by atoms with Gasteiger partial charge in [0.15, 0.2) is 0 Å². The molecular formula is C13H15N3O3. The van der Waals surface area contributed by atoms with Crippen LogP contribution in [0.2, 0.25) is 0 Å². The van der Waals surface area contributed by atoms with Crippen LogP contribution >= 0.6 is 0 Å². The summed E-state index contributed by atoms with van der Waals surface area (Å²) in [5, 5.41) is 2.54. The number of nitrogens with zero attached hydrogens (tertiary/aromatic N) is 1. The summed E-state index contributed by atoms with van der Waals surface area (Å²) in [6.45, 7) is 2.01. The van der Waals surface area contributed by atoms with Crippen molar-refractivity contribution in [2.24, 2.45) is 0 Å². The number of amides is 1. The topological polar surface area (TPSA) is 90.4 Å². The number of rotatable bonds is 5. The van der Waals surface area contributed by atoms with Gasteiger partial charge in [-0.15, -0.1) is 0 Å². The predicted octanol–water partition coefficient (Wildman–Crippen LogP) is 1.97. The number of nitrogens with one attached hydrogen (secondary N) is 1. The van der Waals surface area contributed by atoms with Gasteiger partial charge in [0, 0.05) is 0 Å². The lowest BCUT2D eigenvalue weighted by Gasteiger charge is -2.07. The number of anilines is 2.